The third-order valence-electron chi connectivity index (χ3n) is 4.59. The van der Waals surface area contributed by atoms with Crippen LogP contribution in [0.1, 0.15) is 59.8 Å². The van der Waals surface area contributed by atoms with Gasteiger partial charge in [-0.2, -0.15) is 0 Å². The van der Waals surface area contributed by atoms with Crippen molar-refractivity contribution in [2.24, 2.45) is 0 Å². The molecule has 0 fully saturated rings. The maximum atomic E-state index is 6.42. The number of hydrogen-bond acceptors (Lipinski definition) is 2. The van der Waals surface area contributed by atoms with Crippen LogP contribution in [0.3, 0.4) is 0 Å². The highest BCUT2D eigenvalue weighted by atomic mass is 28.4. The van der Waals surface area contributed by atoms with Crippen LogP contribution < -0.4 is 0 Å². The molecule has 0 spiro atoms. The molecule has 0 amide bonds. The lowest BCUT2D eigenvalue weighted by Gasteiger charge is -2.30. The molecule has 1 atom stereocenters. The van der Waals surface area contributed by atoms with E-state index >= 15 is 0 Å². The van der Waals surface area contributed by atoms with Crippen molar-refractivity contribution in [3.8, 4) is 0 Å². The average Bonchev–Trinajstić information content (AvgIpc) is 3.02. The summed E-state index contributed by atoms with van der Waals surface area (Å²) in [5.41, 5.74) is 0. The predicted octanol–water partition coefficient (Wildman–Crippen LogP) is 5.82. The molecule has 0 radical (unpaired) electrons. The Bertz CT molecular complexity index is 324. The van der Waals surface area contributed by atoms with Gasteiger partial charge in [0.25, 0.3) is 0 Å². The van der Waals surface area contributed by atoms with Crippen LogP contribution in [0.15, 0.2) is 24.0 Å². The zero-order valence-corrected chi connectivity index (χ0v) is 15.5. The molecule has 0 aromatic rings. The zero-order valence-electron chi connectivity index (χ0n) is 14.5. The smallest absolute Gasteiger partial charge is 0.192 e. The maximum Gasteiger partial charge on any atom is 0.192 e. The minimum absolute atomic E-state index is 0.0948. The van der Waals surface area contributed by atoms with Gasteiger partial charge in [0.1, 0.15) is 6.10 Å². The Morgan fingerprint density at radius 2 is 1.90 bits per heavy atom. The second-order valence-corrected chi connectivity index (χ2v) is 10.8. The second kappa shape index (κ2) is 10.2. The Kier molecular flexibility index (Phi) is 9.01. The molecule has 0 aromatic heterocycles. The molecule has 0 N–H and O–H groups in total. The summed E-state index contributed by atoms with van der Waals surface area (Å²) in [7, 11) is -1.52. The van der Waals surface area contributed by atoms with Crippen LogP contribution in [0, 0.1) is 0 Å². The Morgan fingerprint density at radius 3 is 2.43 bits per heavy atom. The molecule has 0 saturated heterocycles. The van der Waals surface area contributed by atoms with Crippen molar-refractivity contribution in [3.05, 3.63) is 24.0 Å². The van der Waals surface area contributed by atoms with E-state index in [0.29, 0.717) is 0 Å². The molecule has 1 aliphatic carbocycles. The predicted molar refractivity (Wildman–Crippen MR) is 94.0 cm³/mol. The van der Waals surface area contributed by atoms with Gasteiger partial charge >= 0.3 is 0 Å². The van der Waals surface area contributed by atoms with Gasteiger partial charge in [-0.15, -0.1) is 0 Å². The number of rotatable bonds is 11. The summed E-state index contributed by atoms with van der Waals surface area (Å²) in [5.74, 6) is 1.17. The van der Waals surface area contributed by atoms with Crippen LogP contribution in [-0.4, -0.2) is 21.0 Å². The number of hydrogen-bond donors (Lipinski definition) is 0. The van der Waals surface area contributed by atoms with Gasteiger partial charge in [-0.05, 0) is 49.5 Å². The molecule has 122 valence electrons. The summed E-state index contributed by atoms with van der Waals surface area (Å²) in [6, 6.07) is 3.61. The normalized spacial score (nSPS) is 17.2. The number of allylic oxidation sites excluding steroid dienone is 3. The van der Waals surface area contributed by atoms with E-state index in [1.165, 1.54) is 43.2 Å². The van der Waals surface area contributed by atoms with Crippen LogP contribution in [-0.2, 0) is 9.16 Å². The molecule has 21 heavy (non-hydrogen) atoms. The quantitative estimate of drug-likeness (QED) is 0.354. The Balaban J connectivity index is 2.58. The minimum atomic E-state index is -1.52. The van der Waals surface area contributed by atoms with Gasteiger partial charge < -0.3 is 9.16 Å². The molecule has 2 nitrogen and oxygen atoms in total. The van der Waals surface area contributed by atoms with Crippen LogP contribution in [0.25, 0.3) is 0 Å². The fourth-order valence-electron chi connectivity index (χ4n) is 2.80. The lowest BCUT2D eigenvalue weighted by Crippen LogP contribution is -2.38. The fraction of sp³-hybridized carbons (Fsp3) is 0.778. The highest BCUT2D eigenvalue weighted by Gasteiger charge is 2.29. The molecule has 1 rings (SSSR count). The highest BCUT2D eigenvalue weighted by molar-refractivity contribution is 6.73. The number of unbranched alkanes of at least 4 members (excludes halogenated alkanes) is 1. The van der Waals surface area contributed by atoms with Crippen molar-refractivity contribution >= 4 is 8.32 Å². The first-order valence-electron chi connectivity index (χ1n) is 8.86. The first kappa shape index (κ1) is 18.5. The summed E-state index contributed by atoms with van der Waals surface area (Å²) in [4.78, 5) is 0. The summed E-state index contributed by atoms with van der Waals surface area (Å²) in [6.07, 6.45) is 12.6. The monoisotopic (exact) mass is 310 g/mol. The summed E-state index contributed by atoms with van der Waals surface area (Å²) < 4.78 is 12.6. The minimum Gasteiger partial charge on any atom is -0.489 e. The lowest BCUT2D eigenvalue weighted by atomic mass is 10.2. The topological polar surface area (TPSA) is 18.5 Å². The standard InChI is InChI=1S/C18H34O2Si/c1-5-9-10-15-18(20-17-13-11-12-14-17)16-19-21(6-2,7-3)8-4/h10,13,15,18H,5-9,11-12,14,16H2,1-4H3/b15-10-/t18-/m0/s1. The zero-order chi connectivity index (χ0) is 15.6. The van der Waals surface area contributed by atoms with Gasteiger partial charge in [-0.25, -0.2) is 0 Å². The molecule has 0 heterocycles. The Morgan fingerprint density at radius 1 is 1.19 bits per heavy atom. The van der Waals surface area contributed by atoms with Crippen LogP contribution in [0.4, 0.5) is 0 Å². The molecule has 3 heteroatoms. The highest BCUT2D eigenvalue weighted by Crippen LogP contribution is 2.24. The molecule has 0 unspecified atom stereocenters. The van der Waals surface area contributed by atoms with Crippen LogP contribution in [0.2, 0.25) is 18.1 Å². The molecule has 0 saturated carbocycles. The summed E-state index contributed by atoms with van der Waals surface area (Å²) >= 11 is 0. The average molecular weight is 311 g/mol. The first-order chi connectivity index (χ1) is 10.2. The Hall–Kier alpha value is -0.543. The van der Waals surface area contributed by atoms with Gasteiger partial charge in [0.15, 0.2) is 8.32 Å². The van der Waals surface area contributed by atoms with Crippen LogP contribution in [0.5, 0.6) is 0 Å². The van der Waals surface area contributed by atoms with E-state index in [1.807, 2.05) is 0 Å². The second-order valence-electron chi connectivity index (χ2n) is 5.99. The number of ether oxygens (including phenoxy) is 1. The molecular weight excluding hydrogens is 276 g/mol. The van der Waals surface area contributed by atoms with E-state index in [2.05, 4.69) is 45.9 Å². The van der Waals surface area contributed by atoms with Crippen molar-refractivity contribution in [1.82, 2.24) is 0 Å². The fourth-order valence-corrected chi connectivity index (χ4v) is 5.43. The lowest BCUT2D eigenvalue weighted by molar-refractivity contribution is 0.0939. The van der Waals surface area contributed by atoms with E-state index < -0.39 is 8.32 Å². The van der Waals surface area contributed by atoms with E-state index in [0.717, 1.165) is 19.4 Å². The van der Waals surface area contributed by atoms with Crippen molar-refractivity contribution < 1.29 is 9.16 Å². The molecule has 0 aromatic carbocycles. The molecule has 0 aliphatic heterocycles. The van der Waals surface area contributed by atoms with Crippen LogP contribution >= 0.6 is 0 Å². The summed E-state index contributed by atoms with van der Waals surface area (Å²) in [5, 5.41) is 0. The third-order valence-corrected chi connectivity index (χ3v) is 9.24. The third kappa shape index (κ3) is 6.39. The van der Waals surface area contributed by atoms with E-state index in [9.17, 15) is 0 Å². The van der Waals surface area contributed by atoms with E-state index in [4.69, 9.17) is 9.16 Å². The van der Waals surface area contributed by atoms with Gasteiger partial charge in [-0.3, -0.25) is 0 Å². The van der Waals surface area contributed by atoms with E-state index in [-0.39, 0.29) is 6.10 Å². The van der Waals surface area contributed by atoms with Gasteiger partial charge in [0.05, 0.1) is 12.4 Å². The van der Waals surface area contributed by atoms with Gasteiger partial charge in [0, 0.05) is 6.42 Å². The first-order valence-corrected chi connectivity index (χ1v) is 11.4. The van der Waals surface area contributed by atoms with Gasteiger partial charge in [-0.1, -0.05) is 40.2 Å². The molecule has 0 bridgehead atoms. The van der Waals surface area contributed by atoms with Crippen molar-refractivity contribution in [1.29, 1.82) is 0 Å². The van der Waals surface area contributed by atoms with Crippen molar-refractivity contribution in [3.63, 3.8) is 0 Å². The molecular formula is C18H34O2Si. The van der Waals surface area contributed by atoms with E-state index in [1.54, 1.807) is 0 Å². The largest absolute Gasteiger partial charge is 0.489 e. The Labute approximate surface area is 132 Å². The summed E-state index contributed by atoms with van der Waals surface area (Å²) in [6.45, 7) is 9.77. The van der Waals surface area contributed by atoms with Gasteiger partial charge in [0.2, 0.25) is 0 Å². The van der Waals surface area contributed by atoms with Crippen molar-refractivity contribution in [2.75, 3.05) is 6.61 Å². The SMILES string of the molecule is CCC/C=C\[C@@H](CO[Si](CC)(CC)CC)OC1=CCCC1. The van der Waals surface area contributed by atoms with Crippen molar-refractivity contribution in [2.45, 2.75) is 84.0 Å². The maximum absolute atomic E-state index is 6.42. The molecule has 1 aliphatic rings.